The lowest BCUT2D eigenvalue weighted by molar-refractivity contribution is -0.123. The number of nitrogens with one attached hydrogen (secondary N) is 1. The van der Waals surface area contributed by atoms with Gasteiger partial charge in [-0.05, 0) is 49.4 Å². The second kappa shape index (κ2) is 6.75. The number of fused-ring (bicyclic) bond motifs is 1. The topological polar surface area (TPSA) is 64.3 Å². The van der Waals surface area contributed by atoms with E-state index in [1.807, 2.05) is 25.1 Å². The van der Waals surface area contributed by atoms with Crippen LogP contribution in [0.1, 0.15) is 50.3 Å². The number of amides is 1. The van der Waals surface area contributed by atoms with Gasteiger partial charge >= 0.3 is 0 Å². The highest BCUT2D eigenvalue weighted by Crippen LogP contribution is 2.31. The first kappa shape index (κ1) is 14.9. The molecule has 1 aromatic rings. The van der Waals surface area contributed by atoms with Gasteiger partial charge in [0.1, 0.15) is 5.75 Å². The van der Waals surface area contributed by atoms with E-state index in [0.717, 1.165) is 31.4 Å². The van der Waals surface area contributed by atoms with Crippen molar-refractivity contribution >= 4 is 5.91 Å². The third-order valence-electron chi connectivity index (χ3n) is 3.74. The fraction of sp³-hybridized carbons (Fsp3) is 0.562. The van der Waals surface area contributed by atoms with Crippen LogP contribution < -0.4 is 15.8 Å². The molecule has 0 heterocycles. The molecule has 1 amide bonds. The Morgan fingerprint density at radius 2 is 2.35 bits per heavy atom. The number of hydrogen-bond acceptors (Lipinski definition) is 3. The Balaban J connectivity index is 1.84. The minimum atomic E-state index is -0.0665. The van der Waals surface area contributed by atoms with Gasteiger partial charge in [0.15, 0.2) is 6.61 Å². The van der Waals surface area contributed by atoms with E-state index in [4.69, 9.17) is 10.5 Å². The van der Waals surface area contributed by atoms with Crippen molar-refractivity contribution in [2.45, 2.75) is 51.6 Å². The highest BCUT2D eigenvalue weighted by molar-refractivity contribution is 5.77. The molecule has 0 aromatic heterocycles. The van der Waals surface area contributed by atoms with Crippen molar-refractivity contribution in [2.75, 3.05) is 6.61 Å². The second-order valence-corrected chi connectivity index (χ2v) is 5.55. The Hall–Kier alpha value is -1.55. The molecule has 1 unspecified atom stereocenters. The lowest BCUT2D eigenvalue weighted by Gasteiger charge is -2.13. The summed E-state index contributed by atoms with van der Waals surface area (Å²) in [5.41, 5.74) is 8.45. The number of hydrogen-bond donors (Lipinski definition) is 2. The van der Waals surface area contributed by atoms with E-state index in [1.165, 1.54) is 11.1 Å². The first-order valence-electron chi connectivity index (χ1n) is 7.40. The van der Waals surface area contributed by atoms with Gasteiger partial charge < -0.3 is 15.8 Å². The zero-order valence-corrected chi connectivity index (χ0v) is 12.3. The Kier molecular flexibility index (Phi) is 5.01. The van der Waals surface area contributed by atoms with Gasteiger partial charge in [-0.25, -0.2) is 0 Å². The zero-order valence-electron chi connectivity index (χ0n) is 12.3. The quantitative estimate of drug-likeness (QED) is 0.838. The molecule has 0 spiro atoms. The van der Waals surface area contributed by atoms with Gasteiger partial charge in [0.05, 0.1) is 0 Å². The maximum absolute atomic E-state index is 11.7. The fourth-order valence-electron chi connectivity index (χ4n) is 2.69. The molecule has 0 bridgehead atoms. The van der Waals surface area contributed by atoms with Gasteiger partial charge in [-0.3, -0.25) is 4.79 Å². The lowest BCUT2D eigenvalue weighted by Crippen LogP contribution is -2.35. The number of nitrogens with two attached hydrogens (primary N) is 1. The van der Waals surface area contributed by atoms with Crippen LogP contribution in [0.4, 0.5) is 0 Å². The number of rotatable bonds is 6. The van der Waals surface area contributed by atoms with Gasteiger partial charge in [0, 0.05) is 12.1 Å². The van der Waals surface area contributed by atoms with E-state index in [9.17, 15) is 4.79 Å². The molecular weight excluding hydrogens is 252 g/mol. The monoisotopic (exact) mass is 276 g/mol. The number of carbonyl (C=O) groups is 1. The predicted octanol–water partition coefficient (Wildman–Crippen LogP) is 2.32. The standard InChI is InChI=1S/C16H24N2O2/c1-3-4-11(2)18-16(19)10-20-13-6-7-14-12(9-13)5-8-15(14)17/h6-7,9,11,15H,3-5,8,10,17H2,1-2H3,(H,18,19)/t11?,15-/m1/s1. The van der Waals surface area contributed by atoms with E-state index >= 15 is 0 Å². The van der Waals surface area contributed by atoms with Crippen LogP contribution in [-0.2, 0) is 11.2 Å². The average molecular weight is 276 g/mol. The lowest BCUT2D eigenvalue weighted by atomic mass is 10.1. The van der Waals surface area contributed by atoms with Crippen LogP contribution in [0.5, 0.6) is 5.75 Å². The predicted molar refractivity (Wildman–Crippen MR) is 79.7 cm³/mol. The molecule has 2 atom stereocenters. The molecule has 1 aliphatic carbocycles. The maximum Gasteiger partial charge on any atom is 0.258 e. The molecule has 2 rings (SSSR count). The van der Waals surface area contributed by atoms with Crippen LogP contribution in [-0.4, -0.2) is 18.6 Å². The summed E-state index contributed by atoms with van der Waals surface area (Å²) >= 11 is 0. The van der Waals surface area contributed by atoms with Crippen molar-refractivity contribution in [1.29, 1.82) is 0 Å². The van der Waals surface area contributed by atoms with Crippen molar-refractivity contribution in [1.82, 2.24) is 5.32 Å². The second-order valence-electron chi connectivity index (χ2n) is 5.55. The van der Waals surface area contributed by atoms with Crippen LogP contribution in [0.3, 0.4) is 0 Å². The van der Waals surface area contributed by atoms with Crippen molar-refractivity contribution in [3.8, 4) is 5.75 Å². The van der Waals surface area contributed by atoms with Crippen molar-refractivity contribution in [3.05, 3.63) is 29.3 Å². The van der Waals surface area contributed by atoms with E-state index in [0.29, 0.717) is 0 Å². The number of benzene rings is 1. The van der Waals surface area contributed by atoms with E-state index < -0.39 is 0 Å². The number of ether oxygens (including phenoxy) is 1. The third kappa shape index (κ3) is 3.73. The van der Waals surface area contributed by atoms with Gasteiger partial charge in [-0.1, -0.05) is 19.4 Å². The molecule has 0 aliphatic heterocycles. The molecule has 1 aliphatic rings. The first-order valence-corrected chi connectivity index (χ1v) is 7.40. The molecule has 1 aromatic carbocycles. The Morgan fingerprint density at radius 3 is 3.10 bits per heavy atom. The van der Waals surface area contributed by atoms with Gasteiger partial charge in [0.25, 0.3) is 5.91 Å². The number of carbonyl (C=O) groups excluding carboxylic acids is 1. The van der Waals surface area contributed by atoms with Crippen LogP contribution in [0.25, 0.3) is 0 Å². The summed E-state index contributed by atoms with van der Waals surface area (Å²) in [6, 6.07) is 6.27. The fourth-order valence-corrected chi connectivity index (χ4v) is 2.69. The molecule has 0 saturated heterocycles. The van der Waals surface area contributed by atoms with E-state index in [-0.39, 0.29) is 24.6 Å². The summed E-state index contributed by atoms with van der Waals surface area (Å²) in [5, 5.41) is 2.93. The summed E-state index contributed by atoms with van der Waals surface area (Å²) in [7, 11) is 0. The number of aryl methyl sites for hydroxylation is 1. The smallest absolute Gasteiger partial charge is 0.258 e. The molecule has 0 radical (unpaired) electrons. The zero-order chi connectivity index (χ0) is 14.5. The van der Waals surface area contributed by atoms with Gasteiger partial charge in [-0.15, -0.1) is 0 Å². The van der Waals surface area contributed by atoms with Crippen LogP contribution in [0.15, 0.2) is 18.2 Å². The summed E-state index contributed by atoms with van der Waals surface area (Å²) in [6.45, 7) is 4.19. The van der Waals surface area contributed by atoms with Crippen molar-refractivity contribution in [3.63, 3.8) is 0 Å². The van der Waals surface area contributed by atoms with Crippen molar-refractivity contribution in [2.24, 2.45) is 5.73 Å². The maximum atomic E-state index is 11.7. The summed E-state index contributed by atoms with van der Waals surface area (Å²) in [5.74, 6) is 0.680. The molecule has 20 heavy (non-hydrogen) atoms. The minimum absolute atomic E-state index is 0.0665. The van der Waals surface area contributed by atoms with E-state index in [2.05, 4.69) is 12.2 Å². The first-order chi connectivity index (χ1) is 9.60. The van der Waals surface area contributed by atoms with Gasteiger partial charge in [0.2, 0.25) is 0 Å². The van der Waals surface area contributed by atoms with Crippen molar-refractivity contribution < 1.29 is 9.53 Å². The third-order valence-corrected chi connectivity index (χ3v) is 3.74. The highest BCUT2D eigenvalue weighted by Gasteiger charge is 2.19. The Morgan fingerprint density at radius 1 is 1.55 bits per heavy atom. The largest absolute Gasteiger partial charge is 0.484 e. The molecule has 3 N–H and O–H groups in total. The van der Waals surface area contributed by atoms with Crippen LogP contribution in [0.2, 0.25) is 0 Å². The Labute approximate surface area is 120 Å². The average Bonchev–Trinajstić information content (AvgIpc) is 2.78. The van der Waals surface area contributed by atoms with Gasteiger partial charge in [-0.2, -0.15) is 0 Å². The molecule has 4 nitrogen and oxygen atoms in total. The summed E-state index contributed by atoms with van der Waals surface area (Å²) in [6.07, 6.45) is 4.04. The van der Waals surface area contributed by atoms with E-state index in [1.54, 1.807) is 0 Å². The Bertz CT molecular complexity index is 474. The van der Waals surface area contributed by atoms with Crippen LogP contribution in [0, 0.1) is 0 Å². The molecule has 110 valence electrons. The highest BCUT2D eigenvalue weighted by atomic mass is 16.5. The molecule has 0 saturated carbocycles. The molecule has 4 heteroatoms. The minimum Gasteiger partial charge on any atom is -0.484 e. The molecular formula is C16H24N2O2. The SMILES string of the molecule is CCCC(C)NC(=O)COc1ccc2c(c1)CC[C@H]2N. The molecule has 0 fully saturated rings. The van der Waals surface area contributed by atoms with Crippen LogP contribution >= 0.6 is 0 Å². The summed E-state index contributed by atoms with van der Waals surface area (Å²) in [4.78, 5) is 11.7. The normalized spacial score (nSPS) is 18.4. The summed E-state index contributed by atoms with van der Waals surface area (Å²) < 4.78 is 5.55.